The second-order valence-electron chi connectivity index (χ2n) is 6.44. The molecule has 28 heavy (non-hydrogen) atoms. The number of nitrogens with two attached hydrogens (primary N) is 1. The van der Waals surface area contributed by atoms with E-state index in [0.29, 0.717) is 39.1 Å². The third kappa shape index (κ3) is 4.96. The number of hydrogen-bond acceptors (Lipinski definition) is 5. The molecule has 0 saturated heterocycles. The lowest BCUT2D eigenvalue weighted by Crippen LogP contribution is -2.12. The first-order valence-electron chi connectivity index (χ1n) is 8.82. The minimum Gasteiger partial charge on any atom is -0.459 e. The number of ether oxygens (including phenoxy) is 2. The SMILES string of the molecule is CC(C)OC(=O)c1ccc(Nc2cc(Cl)ccc2Oc2ccccc2)c(N)c1. The summed E-state index contributed by atoms with van der Waals surface area (Å²) in [6, 6.07) is 19.7. The molecular formula is C22H21ClN2O3. The normalized spacial score (nSPS) is 10.6. The smallest absolute Gasteiger partial charge is 0.338 e. The van der Waals surface area contributed by atoms with Crippen molar-refractivity contribution in [2.75, 3.05) is 11.1 Å². The molecule has 3 aromatic carbocycles. The molecule has 0 bridgehead atoms. The Labute approximate surface area is 169 Å². The molecule has 0 atom stereocenters. The maximum Gasteiger partial charge on any atom is 0.338 e. The lowest BCUT2D eigenvalue weighted by atomic mass is 10.1. The van der Waals surface area contributed by atoms with Gasteiger partial charge in [-0.1, -0.05) is 29.8 Å². The molecule has 0 saturated carbocycles. The van der Waals surface area contributed by atoms with Crippen molar-refractivity contribution in [1.29, 1.82) is 0 Å². The van der Waals surface area contributed by atoms with E-state index >= 15 is 0 Å². The summed E-state index contributed by atoms with van der Waals surface area (Å²) in [7, 11) is 0. The second-order valence-corrected chi connectivity index (χ2v) is 6.87. The number of hydrogen-bond donors (Lipinski definition) is 2. The summed E-state index contributed by atoms with van der Waals surface area (Å²) in [5.41, 5.74) is 8.21. The van der Waals surface area contributed by atoms with Crippen LogP contribution in [0.4, 0.5) is 17.1 Å². The fraction of sp³-hybridized carbons (Fsp3) is 0.136. The van der Waals surface area contributed by atoms with Gasteiger partial charge in [0.1, 0.15) is 5.75 Å². The zero-order valence-electron chi connectivity index (χ0n) is 15.6. The van der Waals surface area contributed by atoms with E-state index in [4.69, 9.17) is 26.8 Å². The van der Waals surface area contributed by atoms with Crippen molar-refractivity contribution < 1.29 is 14.3 Å². The topological polar surface area (TPSA) is 73.6 Å². The molecule has 0 fully saturated rings. The van der Waals surface area contributed by atoms with Crippen LogP contribution in [-0.2, 0) is 4.74 Å². The number of rotatable bonds is 6. The van der Waals surface area contributed by atoms with Gasteiger partial charge in [-0.2, -0.15) is 0 Å². The molecule has 0 radical (unpaired) electrons. The molecule has 0 aliphatic rings. The summed E-state index contributed by atoms with van der Waals surface area (Å²) in [6.07, 6.45) is -0.198. The average molecular weight is 397 g/mol. The highest BCUT2D eigenvalue weighted by Crippen LogP contribution is 2.35. The summed E-state index contributed by atoms with van der Waals surface area (Å²) in [5.74, 6) is 0.884. The van der Waals surface area contributed by atoms with Gasteiger partial charge >= 0.3 is 5.97 Å². The fourth-order valence-electron chi connectivity index (χ4n) is 2.54. The van der Waals surface area contributed by atoms with E-state index in [1.165, 1.54) is 0 Å². The van der Waals surface area contributed by atoms with Crippen molar-refractivity contribution in [3.8, 4) is 11.5 Å². The number of nitrogens with one attached hydrogen (secondary N) is 1. The number of anilines is 3. The number of carbonyl (C=O) groups excluding carboxylic acids is 1. The molecule has 0 aliphatic heterocycles. The van der Waals surface area contributed by atoms with Gasteiger partial charge in [-0.25, -0.2) is 4.79 Å². The molecule has 6 heteroatoms. The van der Waals surface area contributed by atoms with E-state index in [-0.39, 0.29) is 6.10 Å². The number of esters is 1. The zero-order chi connectivity index (χ0) is 20.1. The maximum absolute atomic E-state index is 12.0. The average Bonchev–Trinajstić information content (AvgIpc) is 2.66. The number of nitrogen functional groups attached to an aromatic ring is 1. The first kappa shape index (κ1) is 19.6. The number of halogens is 1. The van der Waals surface area contributed by atoms with Crippen molar-refractivity contribution in [3.05, 3.63) is 77.3 Å². The van der Waals surface area contributed by atoms with Crippen molar-refractivity contribution in [2.45, 2.75) is 20.0 Å². The molecule has 3 rings (SSSR count). The van der Waals surface area contributed by atoms with E-state index in [0.717, 1.165) is 0 Å². The van der Waals surface area contributed by atoms with Crippen LogP contribution in [0.2, 0.25) is 5.02 Å². The third-order valence-corrected chi connectivity index (χ3v) is 4.05. The van der Waals surface area contributed by atoms with Crippen LogP contribution in [-0.4, -0.2) is 12.1 Å². The van der Waals surface area contributed by atoms with Gasteiger partial charge in [-0.05, 0) is 62.4 Å². The minimum absolute atomic E-state index is 0.198. The molecular weight excluding hydrogens is 376 g/mol. The molecule has 0 unspecified atom stereocenters. The standard InChI is InChI=1S/C22H21ClN2O3/c1-14(2)27-22(26)15-8-10-19(18(24)12-15)25-20-13-16(23)9-11-21(20)28-17-6-4-3-5-7-17/h3-14,25H,24H2,1-2H3. The first-order valence-corrected chi connectivity index (χ1v) is 9.20. The van der Waals surface area contributed by atoms with Crippen molar-refractivity contribution in [2.24, 2.45) is 0 Å². The lowest BCUT2D eigenvalue weighted by molar-refractivity contribution is 0.0378. The highest BCUT2D eigenvalue weighted by Gasteiger charge is 2.13. The van der Waals surface area contributed by atoms with E-state index < -0.39 is 5.97 Å². The first-order chi connectivity index (χ1) is 13.4. The number of benzene rings is 3. The monoisotopic (exact) mass is 396 g/mol. The number of carbonyl (C=O) groups is 1. The molecule has 0 aromatic heterocycles. The Kier molecular flexibility index (Phi) is 6.06. The van der Waals surface area contributed by atoms with Crippen molar-refractivity contribution >= 4 is 34.6 Å². The van der Waals surface area contributed by atoms with Gasteiger partial charge in [0.2, 0.25) is 0 Å². The summed E-state index contributed by atoms with van der Waals surface area (Å²) in [6.45, 7) is 3.59. The quantitative estimate of drug-likeness (QED) is 0.393. The molecule has 0 aliphatic carbocycles. The maximum atomic E-state index is 12.0. The summed E-state index contributed by atoms with van der Waals surface area (Å²) < 4.78 is 11.1. The van der Waals surface area contributed by atoms with Crippen LogP contribution in [0.5, 0.6) is 11.5 Å². The zero-order valence-corrected chi connectivity index (χ0v) is 16.4. The Hall–Kier alpha value is -3.18. The van der Waals surface area contributed by atoms with Crippen LogP contribution in [0, 0.1) is 0 Å². The van der Waals surface area contributed by atoms with E-state index in [9.17, 15) is 4.79 Å². The van der Waals surface area contributed by atoms with Gasteiger partial charge in [0, 0.05) is 5.02 Å². The van der Waals surface area contributed by atoms with Gasteiger partial charge in [-0.15, -0.1) is 0 Å². The van der Waals surface area contributed by atoms with Gasteiger partial charge in [-0.3, -0.25) is 0 Å². The predicted molar refractivity (Wildman–Crippen MR) is 113 cm³/mol. The van der Waals surface area contributed by atoms with Crippen LogP contribution in [0.15, 0.2) is 66.7 Å². The van der Waals surface area contributed by atoms with E-state index in [1.54, 1.807) is 50.2 Å². The molecule has 3 N–H and O–H groups in total. The van der Waals surface area contributed by atoms with Crippen LogP contribution in [0.3, 0.4) is 0 Å². The fourth-order valence-corrected chi connectivity index (χ4v) is 2.71. The molecule has 0 spiro atoms. The molecule has 144 valence electrons. The molecule has 3 aromatic rings. The van der Waals surface area contributed by atoms with Crippen LogP contribution in [0.1, 0.15) is 24.2 Å². The molecule has 0 heterocycles. The Balaban J connectivity index is 1.85. The van der Waals surface area contributed by atoms with Gasteiger partial charge in [0.25, 0.3) is 0 Å². The van der Waals surface area contributed by atoms with Gasteiger partial charge in [0.15, 0.2) is 5.75 Å². The molecule has 0 amide bonds. The predicted octanol–water partition coefficient (Wildman–Crippen LogP) is 6.02. The summed E-state index contributed by atoms with van der Waals surface area (Å²) in [5, 5.41) is 3.78. The summed E-state index contributed by atoms with van der Waals surface area (Å²) in [4.78, 5) is 12.0. The Morgan fingerprint density at radius 1 is 1.00 bits per heavy atom. The Bertz CT molecular complexity index is 975. The van der Waals surface area contributed by atoms with Crippen LogP contribution in [0.25, 0.3) is 0 Å². The summed E-state index contributed by atoms with van der Waals surface area (Å²) >= 11 is 6.15. The Morgan fingerprint density at radius 2 is 1.75 bits per heavy atom. The van der Waals surface area contributed by atoms with Crippen molar-refractivity contribution in [1.82, 2.24) is 0 Å². The highest BCUT2D eigenvalue weighted by atomic mass is 35.5. The third-order valence-electron chi connectivity index (χ3n) is 3.81. The van der Waals surface area contributed by atoms with Gasteiger partial charge in [0.05, 0.1) is 28.7 Å². The lowest BCUT2D eigenvalue weighted by Gasteiger charge is -2.15. The number of para-hydroxylation sites is 1. The highest BCUT2D eigenvalue weighted by molar-refractivity contribution is 6.31. The van der Waals surface area contributed by atoms with Crippen LogP contribution < -0.4 is 15.8 Å². The Morgan fingerprint density at radius 3 is 2.43 bits per heavy atom. The van der Waals surface area contributed by atoms with E-state index in [2.05, 4.69) is 5.32 Å². The van der Waals surface area contributed by atoms with Gasteiger partial charge < -0.3 is 20.5 Å². The molecule has 5 nitrogen and oxygen atoms in total. The van der Waals surface area contributed by atoms with E-state index in [1.807, 2.05) is 30.3 Å². The minimum atomic E-state index is -0.413. The second kappa shape index (κ2) is 8.67. The van der Waals surface area contributed by atoms with Crippen LogP contribution >= 0.6 is 11.6 Å². The van der Waals surface area contributed by atoms with Crippen molar-refractivity contribution in [3.63, 3.8) is 0 Å². The largest absolute Gasteiger partial charge is 0.459 e.